The molecule has 0 atom stereocenters. The summed E-state index contributed by atoms with van der Waals surface area (Å²) in [7, 11) is 0. The van der Waals surface area contributed by atoms with Gasteiger partial charge in [0.1, 0.15) is 17.1 Å². The molecular weight excluding hydrogens is 535 g/mol. The van der Waals surface area contributed by atoms with Gasteiger partial charge in [0, 0.05) is 29.9 Å². The van der Waals surface area contributed by atoms with Gasteiger partial charge in [-0.05, 0) is 62.3 Å². The number of halogens is 4. The summed E-state index contributed by atoms with van der Waals surface area (Å²) < 4.78 is 42.6. The Balaban J connectivity index is 1.58. The molecule has 1 saturated heterocycles. The molecule has 0 aliphatic carbocycles. The highest BCUT2D eigenvalue weighted by Crippen LogP contribution is 2.34. The van der Waals surface area contributed by atoms with E-state index in [1.54, 1.807) is 22.7 Å². The molecule has 0 saturated carbocycles. The Hall–Kier alpha value is -3.98. The van der Waals surface area contributed by atoms with Crippen LogP contribution in [0, 0.1) is 11.8 Å². The standard InChI is InChI=1S/C26H27ClF3N7O2/c1-2-5-21(38)35-8-3-6-20(7-4-9-35)37-24(31)22(25(32)39)23(34-37)17-13-33-36(15-17)14-16-10-18(26(28,29)30)12-19(27)11-16/h10-13,15,20H,3-4,6-9,14,31H2,1H3,(H2,32,39). The van der Waals surface area contributed by atoms with Crippen molar-refractivity contribution in [1.29, 1.82) is 0 Å². The lowest BCUT2D eigenvalue weighted by atomic mass is 10.0. The summed E-state index contributed by atoms with van der Waals surface area (Å²) in [6, 6.07) is 3.18. The molecule has 9 nitrogen and oxygen atoms in total. The number of carbonyl (C=O) groups is 2. The van der Waals surface area contributed by atoms with Crippen molar-refractivity contribution in [2.24, 2.45) is 5.73 Å². The molecule has 3 heterocycles. The Morgan fingerprint density at radius 2 is 1.87 bits per heavy atom. The summed E-state index contributed by atoms with van der Waals surface area (Å²) in [6.07, 6.45) is 1.20. The van der Waals surface area contributed by atoms with E-state index in [1.165, 1.54) is 16.9 Å². The van der Waals surface area contributed by atoms with E-state index in [0.29, 0.717) is 49.9 Å². The van der Waals surface area contributed by atoms with Crippen LogP contribution in [-0.4, -0.2) is 49.4 Å². The zero-order chi connectivity index (χ0) is 28.3. The number of aromatic nitrogens is 4. The van der Waals surface area contributed by atoms with Gasteiger partial charge in [0.2, 0.25) is 0 Å². The topological polar surface area (TPSA) is 125 Å². The van der Waals surface area contributed by atoms with Crippen molar-refractivity contribution in [2.45, 2.75) is 51.4 Å². The van der Waals surface area contributed by atoms with Gasteiger partial charge in [-0.1, -0.05) is 17.5 Å². The lowest BCUT2D eigenvalue weighted by Crippen LogP contribution is -2.34. The molecule has 4 rings (SSSR count). The van der Waals surface area contributed by atoms with E-state index in [0.717, 1.165) is 12.1 Å². The van der Waals surface area contributed by atoms with Crippen LogP contribution in [0.1, 0.15) is 60.1 Å². The summed E-state index contributed by atoms with van der Waals surface area (Å²) in [6.45, 7) is 2.73. The number of carbonyl (C=O) groups excluding carboxylic acids is 2. The lowest BCUT2D eigenvalue weighted by molar-refractivity contribution is -0.137. The van der Waals surface area contributed by atoms with Crippen LogP contribution in [0.3, 0.4) is 0 Å². The summed E-state index contributed by atoms with van der Waals surface area (Å²) in [5.74, 6) is 4.38. The van der Waals surface area contributed by atoms with Gasteiger partial charge < -0.3 is 16.4 Å². The van der Waals surface area contributed by atoms with Crippen molar-refractivity contribution in [3.05, 3.63) is 52.3 Å². The quantitative estimate of drug-likeness (QED) is 0.453. The van der Waals surface area contributed by atoms with E-state index >= 15 is 0 Å². The summed E-state index contributed by atoms with van der Waals surface area (Å²) in [5.41, 5.74) is 12.2. The average molecular weight is 562 g/mol. The third kappa shape index (κ3) is 6.37. The first kappa shape index (κ1) is 28.0. The normalized spacial score (nSPS) is 14.8. The second-order valence-corrected chi connectivity index (χ2v) is 9.73. The lowest BCUT2D eigenvalue weighted by Gasteiger charge is -2.27. The van der Waals surface area contributed by atoms with E-state index in [1.807, 2.05) is 0 Å². The van der Waals surface area contributed by atoms with Crippen LogP contribution in [0.5, 0.6) is 0 Å². The maximum atomic E-state index is 13.2. The number of benzene rings is 1. The minimum Gasteiger partial charge on any atom is -0.383 e. The van der Waals surface area contributed by atoms with Crippen molar-refractivity contribution >= 4 is 29.2 Å². The molecule has 39 heavy (non-hydrogen) atoms. The predicted molar refractivity (Wildman–Crippen MR) is 139 cm³/mol. The molecule has 13 heteroatoms. The molecular formula is C26H27ClF3N7O2. The molecule has 2 aromatic heterocycles. The number of nitrogens with two attached hydrogens (primary N) is 2. The fourth-order valence-corrected chi connectivity index (χ4v) is 5.02. The fraction of sp³-hybridized carbons (Fsp3) is 0.385. The second-order valence-electron chi connectivity index (χ2n) is 9.30. The molecule has 1 aliphatic rings. The third-order valence-electron chi connectivity index (χ3n) is 6.53. The fourth-order valence-electron chi connectivity index (χ4n) is 4.76. The summed E-state index contributed by atoms with van der Waals surface area (Å²) >= 11 is 5.90. The molecule has 1 aromatic carbocycles. The molecule has 0 spiro atoms. The van der Waals surface area contributed by atoms with E-state index in [4.69, 9.17) is 23.1 Å². The van der Waals surface area contributed by atoms with Gasteiger partial charge in [0.05, 0.1) is 24.3 Å². The van der Waals surface area contributed by atoms with Gasteiger partial charge in [-0.15, -0.1) is 0 Å². The first-order valence-corrected chi connectivity index (χ1v) is 12.6. The van der Waals surface area contributed by atoms with Crippen molar-refractivity contribution in [3.8, 4) is 23.1 Å². The Morgan fingerprint density at radius 1 is 1.18 bits per heavy atom. The Morgan fingerprint density at radius 3 is 2.49 bits per heavy atom. The third-order valence-corrected chi connectivity index (χ3v) is 6.74. The predicted octanol–water partition coefficient (Wildman–Crippen LogP) is 4.12. The number of nitrogens with zero attached hydrogens (tertiary/aromatic N) is 5. The monoisotopic (exact) mass is 561 g/mol. The van der Waals surface area contributed by atoms with Gasteiger partial charge in [-0.3, -0.25) is 14.3 Å². The molecule has 0 radical (unpaired) electrons. The van der Waals surface area contributed by atoms with E-state index in [-0.39, 0.29) is 40.6 Å². The SMILES string of the molecule is CC#CC(=O)N1CCCC(n2nc(-c3cnn(Cc4cc(Cl)cc(C(F)(F)F)c4)c3)c(C(N)=O)c2N)CCC1. The van der Waals surface area contributed by atoms with Crippen LogP contribution in [0.15, 0.2) is 30.6 Å². The molecule has 1 fully saturated rings. The van der Waals surface area contributed by atoms with E-state index in [2.05, 4.69) is 22.0 Å². The number of rotatable bonds is 5. The van der Waals surface area contributed by atoms with Crippen molar-refractivity contribution in [2.75, 3.05) is 18.8 Å². The number of anilines is 1. The first-order valence-electron chi connectivity index (χ1n) is 12.3. The highest BCUT2D eigenvalue weighted by atomic mass is 35.5. The van der Waals surface area contributed by atoms with Gasteiger partial charge in [-0.2, -0.15) is 23.4 Å². The highest BCUT2D eigenvalue weighted by molar-refractivity contribution is 6.30. The number of hydrogen-bond acceptors (Lipinski definition) is 5. The number of amides is 2. The van der Waals surface area contributed by atoms with E-state index < -0.39 is 17.6 Å². The minimum absolute atomic E-state index is 0.00594. The van der Waals surface area contributed by atoms with Crippen molar-refractivity contribution < 1.29 is 22.8 Å². The van der Waals surface area contributed by atoms with Crippen LogP contribution < -0.4 is 11.5 Å². The minimum atomic E-state index is -4.54. The maximum absolute atomic E-state index is 13.2. The zero-order valence-electron chi connectivity index (χ0n) is 21.1. The van der Waals surface area contributed by atoms with Crippen LogP contribution in [0.4, 0.5) is 19.0 Å². The summed E-state index contributed by atoms with van der Waals surface area (Å²) in [4.78, 5) is 26.2. The zero-order valence-corrected chi connectivity index (χ0v) is 21.9. The van der Waals surface area contributed by atoms with Gasteiger partial charge in [0.15, 0.2) is 0 Å². The highest BCUT2D eigenvalue weighted by Gasteiger charge is 2.31. The summed E-state index contributed by atoms with van der Waals surface area (Å²) in [5, 5.41) is 8.81. The van der Waals surface area contributed by atoms with Crippen molar-refractivity contribution in [3.63, 3.8) is 0 Å². The molecule has 4 N–H and O–H groups in total. The van der Waals surface area contributed by atoms with Crippen LogP contribution in [0.2, 0.25) is 5.02 Å². The Labute approximate surface area is 227 Å². The maximum Gasteiger partial charge on any atom is 0.416 e. The Bertz CT molecular complexity index is 1440. The number of likely N-dealkylation sites (tertiary alicyclic amines) is 1. The smallest absolute Gasteiger partial charge is 0.383 e. The molecule has 3 aromatic rings. The van der Waals surface area contributed by atoms with Crippen molar-refractivity contribution in [1.82, 2.24) is 24.5 Å². The van der Waals surface area contributed by atoms with Gasteiger partial charge >= 0.3 is 6.18 Å². The van der Waals surface area contributed by atoms with Crippen LogP contribution in [-0.2, 0) is 17.5 Å². The molecule has 206 valence electrons. The number of hydrogen-bond donors (Lipinski definition) is 2. The second kappa shape index (κ2) is 11.4. The largest absolute Gasteiger partial charge is 0.416 e. The van der Waals surface area contributed by atoms with Gasteiger partial charge in [-0.25, -0.2) is 4.68 Å². The van der Waals surface area contributed by atoms with Gasteiger partial charge in [0.25, 0.3) is 11.8 Å². The first-order chi connectivity index (χ1) is 18.5. The Kier molecular flexibility index (Phi) is 8.20. The molecule has 2 amide bonds. The molecule has 1 aliphatic heterocycles. The number of primary amides is 1. The van der Waals surface area contributed by atoms with Crippen LogP contribution >= 0.6 is 11.6 Å². The van der Waals surface area contributed by atoms with E-state index in [9.17, 15) is 22.8 Å². The average Bonchev–Trinajstić information content (AvgIpc) is 3.42. The molecule has 0 unspecified atom stereocenters. The number of nitrogen functional groups attached to an aromatic ring is 1. The number of alkyl halides is 3. The van der Waals surface area contributed by atoms with Crippen LogP contribution in [0.25, 0.3) is 11.3 Å². The molecule has 0 bridgehead atoms.